The van der Waals surface area contributed by atoms with Crippen molar-refractivity contribution >= 4 is 17.7 Å². The minimum atomic E-state index is -1.09. The molecule has 1 aliphatic heterocycles. The van der Waals surface area contributed by atoms with Crippen LogP contribution in [-0.2, 0) is 19.1 Å². The number of amides is 1. The number of aliphatic carboxylic acids is 1. The summed E-state index contributed by atoms with van der Waals surface area (Å²) in [5, 5.41) is 15.6. The van der Waals surface area contributed by atoms with E-state index in [2.05, 4.69) is 72.4 Å². The number of rotatable bonds is 8. The Labute approximate surface area is 304 Å². The summed E-state index contributed by atoms with van der Waals surface area (Å²) in [4.78, 5) is 45.5. The molecule has 1 saturated heterocycles. The number of nitrogens with two attached hydrogens (primary N) is 2. The van der Waals surface area contributed by atoms with E-state index in [-0.39, 0.29) is 47.3 Å². The van der Waals surface area contributed by atoms with E-state index in [1.807, 2.05) is 19.9 Å². The number of ketones is 1. The van der Waals surface area contributed by atoms with Crippen LogP contribution in [0.5, 0.6) is 0 Å². The van der Waals surface area contributed by atoms with Crippen molar-refractivity contribution in [3.63, 3.8) is 0 Å². The molecule has 11 nitrogen and oxygen atoms in total. The van der Waals surface area contributed by atoms with Gasteiger partial charge in [-0.05, 0) is 85.0 Å². The molecule has 12 atom stereocenters. The van der Waals surface area contributed by atoms with E-state index >= 15 is 4.79 Å². The third-order valence-corrected chi connectivity index (χ3v) is 16.3. The molecule has 5 N–H and O–H groups in total. The Kier molecular flexibility index (Phi) is 8.92. The van der Waals surface area contributed by atoms with Gasteiger partial charge in [0.2, 0.25) is 5.82 Å². The maximum absolute atomic E-state index is 15.0. The zero-order valence-electron chi connectivity index (χ0n) is 32.8. The Morgan fingerprint density at radius 3 is 2.35 bits per heavy atom. The van der Waals surface area contributed by atoms with Crippen LogP contribution in [-0.4, -0.2) is 69.0 Å². The number of aromatic nitrogens is 3. The highest BCUT2D eigenvalue weighted by atomic mass is 16.5. The van der Waals surface area contributed by atoms with Crippen molar-refractivity contribution < 1.29 is 29.0 Å². The molecule has 0 spiro atoms. The Hall–Kier alpha value is -2.63. The summed E-state index contributed by atoms with van der Waals surface area (Å²) >= 11 is 0. The van der Waals surface area contributed by atoms with Gasteiger partial charge in [0.1, 0.15) is 6.33 Å². The second kappa shape index (κ2) is 11.9. The van der Waals surface area contributed by atoms with Crippen molar-refractivity contribution in [2.24, 2.45) is 73.5 Å². The maximum atomic E-state index is 15.0. The van der Waals surface area contributed by atoms with Crippen molar-refractivity contribution in [2.45, 2.75) is 126 Å². The number of fused-ring (bicyclic) bond motifs is 3. The van der Waals surface area contributed by atoms with E-state index in [0.29, 0.717) is 19.6 Å². The average Bonchev–Trinajstić information content (AvgIpc) is 3.51. The molecule has 4 fully saturated rings. The van der Waals surface area contributed by atoms with E-state index in [1.54, 1.807) is 4.68 Å². The molecule has 0 aromatic carbocycles. The second-order valence-corrected chi connectivity index (χ2v) is 19.8. The lowest BCUT2D eigenvalue weighted by molar-refractivity contribution is -0.252. The lowest BCUT2D eigenvalue weighted by atomic mass is 9.34. The summed E-state index contributed by atoms with van der Waals surface area (Å²) < 4.78 is 15.2. The first-order valence-electron chi connectivity index (χ1n) is 19.1. The Balaban J connectivity index is 1.50. The van der Waals surface area contributed by atoms with Crippen LogP contribution in [0.3, 0.4) is 0 Å². The van der Waals surface area contributed by atoms with Gasteiger partial charge in [-0.3, -0.25) is 14.4 Å². The molecule has 11 heteroatoms. The van der Waals surface area contributed by atoms with E-state index < -0.39 is 62.6 Å². The molecule has 284 valence electrons. The quantitative estimate of drug-likeness (QED) is 0.300. The fraction of sp³-hybridized carbons (Fsp3) is 0.825. The van der Waals surface area contributed by atoms with E-state index in [9.17, 15) is 14.7 Å². The summed E-state index contributed by atoms with van der Waals surface area (Å²) in [7, 11) is 0. The molecule has 1 unspecified atom stereocenters. The van der Waals surface area contributed by atoms with Gasteiger partial charge in [-0.2, -0.15) is 5.10 Å². The van der Waals surface area contributed by atoms with Gasteiger partial charge in [-0.1, -0.05) is 74.8 Å². The van der Waals surface area contributed by atoms with Crippen molar-refractivity contribution in [1.82, 2.24) is 14.8 Å². The van der Waals surface area contributed by atoms with Crippen molar-refractivity contribution in [3.05, 3.63) is 23.8 Å². The highest BCUT2D eigenvalue weighted by molar-refractivity contribution is 6.00. The van der Waals surface area contributed by atoms with Gasteiger partial charge in [0.15, 0.2) is 5.78 Å². The molecule has 1 amide bonds. The normalized spacial score (nSPS) is 42.6. The van der Waals surface area contributed by atoms with Gasteiger partial charge in [0.05, 0.1) is 37.9 Å². The number of allylic oxidation sites excluding steroid dienone is 1. The van der Waals surface area contributed by atoms with Gasteiger partial charge in [-0.15, -0.1) is 0 Å². The predicted molar refractivity (Wildman–Crippen MR) is 193 cm³/mol. The number of carbonyl (C=O) groups is 3. The Morgan fingerprint density at radius 1 is 1.10 bits per heavy atom. The highest BCUT2D eigenvalue weighted by Gasteiger charge is 2.74. The standard InChI is InChI=1S/C40H63N5O6/c1-22(2)23(3)35(7)14-15-37(9)24-12-13-27-36(8)18-50-20-40(27,25(24)16-28(46)39(37,11)29(35)33(48)49)17-26(45-32(31(41)47)43-21-44-45)30(36)51-19-38(10,42)34(4,5)6/h16,21-24,26-27,29-30H,12-15,17-20,42H2,1-11H3,(H2,41,47)(H,48,49)/t23-,24+,26-,27+,29-,30+,35-,36+,37-,38+,39+,40?/m1/s1. The monoisotopic (exact) mass is 709 g/mol. The zero-order chi connectivity index (χ0) is 37.9. The number of hydrogen-bond acceptors (Lipinski definition) is 8. The summed E-state index contributed by atoms with van der Waals surface area (Å²) in [6, 6.07) is -0.444. The number of primary amides is 1. The molecular weight excluding hydrogens is 646 g/mol. The smallest absolute Gasteiger partial charge is 0.308 e. The summed E-state index contributed by atoms with van der Waals surface area (Å²) in [6.07, 6.45) is 6.50. The van der Waals surface area contributed by atoms with Crippen LogP contribution in [0, 0.1) is 62.1 Å². The Morgan fingerprint density at radius 2 is 1.76 bits per heavy atom. The maximum Gasteiger partial charge on any atom is 0.308 e. The SMILES string of the molecule is CC(C)[C@@H](C)[C@@]1(C)CC[C@]2(C)[C@H]3CC[C@@H]4C5(COC[C@]4(C)[C@@H](OC[C@](C)(N)C(C)(C)C)[C@H](n4ncnc4C(N)=O)C5)C3=CC(=O)[C@@]2(C)[C@@H]1C(=O)O. The minimum Gasteiger partial charge on any atom is -0.481 e. The number of ether oxygens (including phenoxy) is 2. The lowest BCUT2D eigenvalue weighted by Crippen LogP contribution is -2.70. The average molecular weight is 710 g/mol. The van der Waals surface area contributed by atoms with E-state index in [4.69, 9.17) is 20.9 Å². The van der Waals surface area contributed by atoms with Gasteiger partial charge in [0, 0.05) is 21.8 Å². The van der Waals surface area contributed by atoms with Gasteiger partial charge in [-0.25, -0.2) is 9.67 Å². The first-order chi connectivity index (χ1) is 23.4. The molecule has 3 saturated carbocycles. The van der Waals surface area contributed by atoms with Crippen LogP contribution >= 0.6 is 0 Å². The molecular formula is C40H63N5O6. The molecule has 0 radical (unpaired) electrons. The molecule has 1 aromatic heterocycles. The minimum absolute atomic E-state index is 0.0131. The van der Waals surface area contributed by atoms with Crippen LogP contribution in [0.15, 0.2) is 18.0 Å². The number of carboxylic acids is 1. The third-order valence-electron chi connectivity index (χ3n) is 16.3. The number of carbonyl (C=O) groups excluding carboxylic acids is 2. The molecule has 4 aliphatic carbocycles. The number of hydrogen-bond donors (Lipinski definition) is 3. The van der Waals surface area contributed by atoms with E-state index in [0.717, 1.165) is 31.3 Å². The fourth-order valence-electron chi connectivity index (χ4n) is 12.1. The topological polar surface area (TPSA) is 173 Å². The van der Waals surface area contributed by atoms with Gasteiger partial charge in [0.25, 0.3) is 5.91 Å². The van der Waals surface area contributed by atoms with Crippen molar-refractivity contribution in [1.29, 1.82) is 0 Å². The number of carboxylic acid groups (broad SMARTS) is 1. The van der Waals surface area contributed by atoms with Gasteiger partial charge >= 0.3 is 5.97 Å². The van der Waals surface area contributed by atoms with Crippen molar-refractivity contribution in [2.75, 3.05) is 19.8 Å². The summed E-state index contributed by atoms with van der Waals surface area (Å²) in [5.41, 5.74) is 9.60. The van der Waals surface area contributed by atoms with Crippen LogP contribution in [0.2, 0.25) is 0 Å². The van der Waals surface area contributed by atoms with E-state index in [1.165, 1.54) is 6.33 Å². The van der Waals surface area contributed by atoms with Crippen LogP contribution in [0.25, 0.3) is 0 Å². The molecule has 51 heavy (non-hydrogen) atoms. The third kappa shape index (κ3) is 5.09. The molecule has 6 rings (SSSR count). The lowest BCUT2D eigenvalue weighted by Gasteiger charge is -2.70. The van der Waals surface area contributed by atoms with Crippen LogP contribution in [0.4, 0.5) is 0 Å². The summed E-state index contributed by atoms with van der Waals surface area (Å²) in [6.45, 7) is 24.4. The van der Waals surface area contributed by atoms with Crippen LogP contribution in [0.1, 0.15) is 125 Å². The second-order valence-electron chi connectivity index (χ2n) is 19.8. The predicted octanol–water partition coefficient (Wildman–Crippen LogP) is 5.83. The molecule has 1 aromatic rings. The molecule has 5 aliphatic rings. The highest BCUT2D eigenvalue weighted by Crippen LogP contribution is 2.75. The Bertz CT molecular complexity index is 1630. The van der Waals surface area contributed by atoms with Gasteiger partial charge < -0.3 is 26.0 Å². The fourth-order valence-corrected chi connectivity index (χ4v) is 12.1. The first-order valence-corrected chi connectivity index (χ1v) is 19.1. The zero-order valence-corrected chi connectivity index (χ0v) is 32.8. The molecule has 2 heterocycles. The number of nitrogens with zero attached hydrogens (tertiary/aromatic N) is 3. The summed E-state index contributed by atoms with van der Waals surface area (Å²) in [5.74, 6) is -1.92. The molecule has 2 bridgehead atoms. The first kappa shape index (κ1) is 38.1. The van der Waals surface area contributed by atoms with Crippen molar-refractivity contribution in [3.8, 4) is 0 Å². The largest absolute Gasteiger partial charge is 0.481 e. The van der Waals surface area contributed by atoms with Crippen LogP contribution < -0.4 is 11.5 Å².